The van der Waals surface area contributed by atoms with Gasteiger partial charge >= 0.3 is 5.97 Å². The van der Waals surface area contributed by atoms with Gasteiger partial charge in [-0.3, -0.25) is 9.10 Å². The first-order valence-electron chi connectivity index (χ1n) is 7.14. The van der Waals surface area contributed by atoms with Gasteiger partial charge in [0, 0.05) is 5.02 Å². The second-order valence-electron chi connectivity index (χ2n) is 4.87. The van der Waals surface area contributed by atoms with Crippen LogP contribution in [0.5, 0.6) is 0 Å². The summed E-state index contributed by atoms with van der Waals surface area (Å²) in [5, 5.41) is 0.755. The molecule has 0 bridgehead atoms. The largest absolute Gasteiger partial charge is 0.465 e. The molecule has 5 nitrogen and oxygen atoms in total. The van der Waals surface area contributed by atoms with Crippen molar-refractivity contribution in [3.8, 4) is 0 Å². The normalized spacial score (nSPS) is 11.2. The highest BCUT2D eigenvalue weighted by molar-refractivity contribution is 7.92. The van der Waals surface area contributed by atoms with Crippen LogP contribution < -0.4 is 4.31 Å². The molecular weight excluding hydrogens is 409 g/mol. The van der Waals surface area contributed by atoms with Crippen molar-refractivity contribution in [2.75, 3.05) is 17.5 Å². The third kappa shape index (κ3) is 4.79. The van der Waals surface area contributed by atoms with Crippen LogP contribution in [0, 0.1) is 0 Å². The van der Waals surface area contributed by atoms with Gasteiger partial charge < -0.3 is 4.74 Å². The van der Waals surface area contributed by atoms with Crippen molar-refractivity contribution in [3.05, 3.63) is 57.5 Å². The van der Waals surface area contributed by atoms with Crippen molar-refractivity contribution in [3.63, 3.8) is 0 Å². The molecule has 0 amide bonds. The van der Waals surface area contributed by atoms with Crippen LogP contribution in [0.1, 0.15) is 6.92 Å². The number of hydrogen-bond acceptors (Lipinski definition) is 4. The number of carbonyl (C=O) groups excluding carboxylic acids is 1. The van der Waals surface area contributed by atoms with Gasteiger partial charge in [-0.15, -0.1) is 0 Å². The summed E-state index contributed by atoms with van der Waals surface area (Å²) < 4.78 is 31.8. The average molecular weight is 423 g/mol. The van der Waals surface area contributed by atoms with Gasteiger partial charge in [0.2, 0.25) is 0 Å². The Morgan fingerprint density at radius 2 is 1.68 bits per heavy atom. The molecule has 0 aliphatic heterocycles. The number of sulfonamides is 1. The van der Waals surface area contributed by atoms with E-state index in [1.807, 2.05) is 0 Å². The Kier molecular flexibility index (Phi) is 6.57. The number of esters is 1. The van der Waals surface area contributed by atoms with E-state index < -0.39 is 22.5 Å². The van der Waals surface area contributed by atoms with Crippen LogP contribution in [0.3, 0.4) is 0 Å². The lowest BCUT2D eigenvalue weighted by Gasteiger charge is -2.23. The Morgan fingerprint density at radius 1 is 1.04 bits per heavy atom. The summed E-state index contributed by atoms with van der Waals surface area (Å²) in [7, 11) is -4.07. The van der Waals surface area contributed by atoms with Crippen LogP contribution in [0.15, 0.2) is 47.4 Å². The van der Waals surface area contributed by atoms with Gasteiger partial charge in [0.25, 0.3) is 10.0 Å². The Balaban J connectivity index is 2.50. The number of halogens is 3. The molecule has 2 aromatic rings. The molecule has 0 unspecified atom stereocenters. The fourth-order valence-corrected chi connectivity index (χ4v) is 3.94. The van der Waals surface area contributed by atoms with Crippen molar-refractivity contribution >= 4 is 56.5 Å². The number of benzene rings is 2. The van der Waals surface area contributed by atoms with Crippen molar-refractivity contribution < 1.29 is 17.9 Å². The molecule has 0 aliphatic rings. The first-order chi connectivity index (χ1) is 11.8. The molecule has 0 radical (unpaired) electrons. The van der Waals surface area contributed by atoms with E-state index in [0.717, 1.165) is 4.31 Å². The topological polar surface area (TPSA) is 63.7 Å². The highest BCUT2D eigenvalue weighted by atomic mass is 35.5. The first kappa shape index (κ1) is 19.8. The molecule has 0 saturated heterocycles. The summed E-state index contributed by atoms with van der Waals surface area (Å²) in [5.41, 5.74) is 0.267. The lowest BCUT2D eigenvalue weighted by molar-refractivity contribution is -0.141. The zero-order chi connectivity index (χ0) is 18.6. The minimum absolute atomic E-state index is 0.0925. The Bertz CT molecular complexity index is 869. The summed E-state index contributed by atoms with van der Waals surface area (Å²) in [6.45, 7) is 1.29. The zero-order valence-corrected chi connectivity index (χ0v) is 16.2. The molecule has 0 heterocycles. The summed E-state index contributed by atoms with van der Waals surface area (Å²) in [6.07, 6.45) is 0. The average Bonchev–Trinajstić information content (AvgIpc) is 2.56. The third-order valence-electron chi connectivity index (χ3n) is 3.17. The standard InChI is InChI=1S/C16H14Cl3NO4S/c1-2-24-16(21)10-20(12-5-3-11(17)4-6-12)25(22,23)13-7-8-14(18)15(19)9-13/h3-9H,2,10H2,1H3. The van der Waals surface area contributed by atoms with Crippen molar-refractivity contribution in [2.24, 2.45) is 0 Å². The van der Waals surface area contributed by atoms with E-state index in [1.165, 1.54) is 42.5 Å². The fourth-order valence-electron chi connectivity index (χ4n) is 2.01. The van der Waals surface area contributed by atoms with Crippen LogP contribution in [-0.2, 0) is 19.6 Å². The number of ether oxygens (including phenoxy) is 1. The fraction of sp³-hybridized carbons (Fsp3) is 0.188. The first-order valence-corrected chi connectivity index (χ1v) is 9.72. The van der Waals surface area contributed by atoms with Gasteiger partial charge in [-0.2, -0.15) is 0 Å². The van der Waals surface area contributed by atoms with E-state index in [0.29, 0.717) is 5.02 Å². The minimum Gasteiger partial charge on any atom is -0.465 e. The molecular formula is C16H14Cl3NO4S. The number of nitrogens with zero attached hydrogens (tertiary/aromatic N) is 1. The van der Waals surface area contributed by atoms with Gasteiger partial charge in [0.05, 0.1) is 27.2 Å². The smallest absolute Gasteiger partial charge is 0.326 e. The molecule has 0 atom stereocenters. The van der Waals surface area contributed by atoms with Crippen LogP contribution in [0.25, 0.3) is 0 Å². The van der Waals surface area contributed by atoms with Crippen molar-refractivity contribution in [1.29, 1.82) is 0 Å². The van der Waals surface area contributed by atoms with Gasteiger partial charge in [0.1, 0.15) is 6.54 Å². The molecule has 0 spiro atoms. The second kappa shape index (κ2) is 8.27. The minimum atomic E-state index is -4.07. The van der Waals surface area contributed by atoms with Gasteiger partial charge in [0.15, 0.2) is 0 Å². The molecule has 2 rings (SSSR count). The molecule has 2 aromatic carbocycles. The van der Waals surface area contributed by atoms with Crippen molar-refractivity contribution in [2.45, 2.75) is 11.8 Å². The summed E-state index contributed by atoms with van der Waals surface area (Å²) in [6, 6.07) is 9.97. The summed E-state index contributed by atoms with van der Waals surface area (Å²) >= 11 is 17.6. The molecule has 0 aromatic heterocycles. The van der Waals surface area contributed by atoms with Crippen LogP contribution in [0.4, 0.5) is 5.69 Å². The number of carbonyl (C=O) groups is 1. The Hall–Kier alpha value is -1.47. The van der Waals surface area contributed by atoms with Gasteiger partial charge in [-0.05, 0) is 49.4 Å². The van der Waals surface area contributed by atoms with Gasteiger partial charge in [-0.25, -0.2) is 8.42 Å². The lowest BCUT2D eigenvalue weighted by Crippen LogP contribution is -2.36. The summed E-state index contributed by atoms with van der Waals surface area (Å²) in [5.74, 6) is -0.680. The van der Waals surface area contributed by atoms with E-state index >= 15 is 0 Å². The molecule has 0 N–H and O–H groups in total. The quantitative estimate of drug-likeness (QED) is 0.647. The third-order valence-corrected chi connectivity index (χ3v) is 5.93. The van der Waals surface area contributed by atoms with Crippen LogP contribution in [0.2, 0.25) is 15.1 Å². The van der Waals surface area contributed by atoms with Crippen molar-refractivity contribution in [1.82, 2.24) is 0 Å². The van der Waals surface area contributed by atoms with Gasteiger partial charge in [-0.1, -0.05) is 34.8 Å². The molecule has 0 saturated carbocycles. The van der Waals surface area contributed by atoms with Crippen LogP contribution >= 0.6 is 34.8 Å². The second-order valence-corrected chi connectivity index (χ2v) is 7.98. The maximum Gasteiger partial charge on any atom is 0.326 e. The number of rotatable bonds is 6. The molecule has 0 aliphatic carbocycles. The Morgan fingerprint density at radius 3 is 2.24 bits per heavy atom. The van der Waals surface area contributed by atoms with E-state index in [9.17, 15) is 13.2 Å². The highest BCUT2D eigenvalue weighted by Crippen LogP contribution is 2.29. The van der Waals surface area contributed by atoms with E-state index in [1.54, 1.807) is 6.92 Å². The summed E-state index contributed by atoms with van der Waals surface area (Å²) in [4.78, 5) is 11.8. The molecule has 25 heavy (non-hydrogen) atoms. The molecule has 134 valence electrons. The van der Waals surface area contributed by atoms with E-state index in [2.05, 4.69) is 0 Å². The molecule has 0 fully saturated rings. The predicted molar refractivity (Wildman–Crippen MR) is 99.1 cm³/mol. The highest BCUT2D eigenvalue weighted by Gasteiger charge is 2.28. The number of hydrogen-bond donors (Lipinski definition) is 0. The Labute approximate surface area is 161 Å². The lowest BCUT2D eigenvalue weighted by atomic mass is 10.3. The SMILES string of the molecule is CCOC(=O)CN(c1ccc(Cl)cc1)S(=O)(=O)c1ccc(Cl)c(Cl)c1. The van der Waals surface area contributed by atoms with Crippen LogP contribution in [-0.4, -0.2) is 27.5 Å². The zero-order valence-electron chi connectivity index (χ0n) is 13.1. The van der Waals surface area contributed by atoms with E-state index in [4.69, 9.17) is 39.5 Å². The maximum atomic E-state index is 13.0. The number of anilines is 1. The maximum absolute atomic E-state index is 13.0. The predicted octanol–water partition coefficient (Wildman–Crippen LogP) is 4.41. The molecule has 9 heteroatoms. The van der Waals surface area contributed by atoms with E-state index in [-0.39, 0.29) is 27.2 Å². The monoisotopic (exact) mass is 421 g/mol.